The van der Waals surface area contributed by atoms with E-state index < -0.39 is 5.60 Å². The molecule has 0 bridgehead atoms. The molecule has 0 unspecified atom stereocenters. The number of hydrogen-bond acceptors (Lipinski definition) is 3. The monoisotopic (exact) mass is 229 g/mol. The molecule has 3 nitrogen and oxygen atoms in total. The Labute approximate surface area is 99.8 Å². The largest absolute Gasteiger partial charge is 0.388 e. The van der Waals surface area contributed by atoms with Crippen molar-refractivity contribution in [2.75, 3.05) is 33.4 Å². The van der Waals surface area contributed by atoms with Gasteiger partial charge in [0.1, 0.15) is 0 Å². The van der Waals surface area contributed by atoms with E-state index in [2.05, 4.69) is 25.8 Å². The van der Waals surface area contributed by atoms with Gasteiger partial charge in [-0.2, -0.15) is 0 Å². The summed E-state index contributed by atoms with van der Waals surface area (Å²) in [5, 5.41) is 10.4. The van der Waals surface area contributed by atoms with Gasteiger partial charge >= 0.3 is 0 Å². The average molecular weight is 229 g/mol. The lowest BCUT2D eigenvalue weighted by Crippen LogP contribution is -2.46. The summed E-state index contributed by atoms with van der Waals surface area (Å²) in [7, 11) is 2.12. The van der Waals surface area contributed by atoms with E-state index in [0.717, 1.165) is 31.8 Å². The molecule has 0 saturated carbocycles. The Morgan fingerprint density at radius 3 is 2.31 bits per heavy atom. The predicted molar refractivity (Wildman–Crippen MR) is 66.6 cm³/mol. The van der Waals surface area contributed by atoms with Gasteiger partial charge in [-0.3, -0.25) is 0 Å². The van der Waals surface area contributed by atoms with Crippen LogP contribution in [0.5, 0.6) is 0 Å². The van der Waals surface area contributed by atoms with Gasteiger partial charge in [-0.25, -0.2) is 0 Å². The molecule has 96 valence electrons. The summed E-state index contributed by atoms with van der Waals surface area (Å²) in [6.45, 7) is 7.77. The molecule has 1 N–H and O–H groups in total. The topological polar surface area (TPSA) is 32.7 Å². The molecule has 0 aromatic rings. The molecule has 16 heavy (non-hydrogen) atoms. The van der Waals surface area contributed by atoms with Gasteiger partial charge < -0.3 is 14.7 Å². The first-order valence-corrected chi connectivity index (χ1v) is 6.58. The Kier molecular flexibility index (Phi) is 5.73. The van der Waals surface area contributed by atoms with Crippen molar-refractivity contribution in [2.24, 2.45) is 5.92 Å². The fraction of sp³-hybridized carbons (Fsp3) is 1.00. The molecule has 0 atom stereocenters. The molecule has 0 spiro atoms. The Morgan fingerprint density at radius 2 is 1.81 bits per heavy atom. The van der Waals surface area contributed by atoms with E-state index in [1.165, 1.54) is 12.8 Å². The highest BCUT2D eigenvalue weighted by Gasteiger charge is 2.31. The molecular weight excluding hydrogens is 202 g/mol. The molecule has 0 aromatic carbocycles. The van der Waals surface area contributed by atoms with Gasteiger partial charge in [0.05, 0.1) is 5.60 Å². The smallest absolute Gasteiger partial charge is 0.0817 e. The van der Waals surface area contributed by atoms with Crippen LogP contribution in [-0.4, -0.2) is 49.0 Å². The summed E-state index contributed by atoms with van der Waals surface area (Å²) in [5.41, 5.74) is -0.515. The summed E-state index contributed by atoms with van der Waals surface area (Å²) in [6, 6.07) is 0. The average Bonchev–Trinajstić information content (AvgIpc) is 2.26. The highest BCUT2D eigenvalue weighted by molar-refractivity contribution is 4.84. The molecule has 1 saturated heterocycles. The lowest BCUT2D eigenvalue weighted by atomic mass is 9.93. The number of hydrogen-bond donors (Lipinski definition) is 1. The van der Waals surface area contributed by atoms with E-state index in [-0.39, 0.29) is 0 Å². The first-order chi connectivity index (χ1) is 7.59. The zero-order valence-electron chi connectivity index (χ0n) is 11.0. The maximum atomic E-state index is 10.4. The predicted octanol–water partition coefficient (Wildman–Crippen LogP) is 1.90. The molecule has 1 rings (SSSR count). The highest BCUT2D eigenvalue weighted by Crippen LogP contribution is 2.22. The highest BCUT2D eigenvalue weighted by atomic mass is 16.5. The van der Waals surface area contributed by atoms with Crippen LogP contribution in [0.25, 0.3) is 0 Å². The van der Waals surface area contributed by atoms with Crippen LogP contribution in [0.2, 0.25) is 0 Å². The van der Waals surface area contributed by atoms with Gasteiger partial charge in [0.2, 0.25) is 0 Å². The Morgan fingerprint density at radius 1 is 1.25 bits per heavy atom. The normalized spacial score (nSPS) is 20.6. The third kappa shape index (κ3) is 4.40. The third-order valence-electron chi connectivity index (χ3n) is 3.71. The lowest BCUT2D eigenvalue weighted by Gasteiger charge is -2.36. The Balaban J connectivity index is 2.34. The summed E-state index contributed by atoms with van der Waals surface area (Å²) < 4.78 is 5.29. The number of aliphatic hydroxyl groups is 1. The number of likely N-dealkylation sites (N-methyl/N-ethyl adjacent to an activating group) is 1. The van der Waals surface area contributed by atoms with Crippen LogP contribution >= 0.6 is 0 Å². The van der Waals surface area contributed by atoms with E-state index in [9.17, 15) is 5.11 Å². The Hall–Kier alpha value is -0.120. The second kappa shape index (κ2) is 6.58. The van der Waals surface area contributed by atoms with E-state index >= 15 is 0 Å². The summed E-state index contributed by atoms with van der Waals surface area (Å²) in [4.78, 5) is 2.28. The minimum absolute atomic E-state index is 0.515. The molecule has 0 aliphatic carbocycles. The SMILES string of the molecule is CCC(CC)CN(C)CC1(O)CCOCC1. The fourth-order valence-electron chi connectivity index (χ4n) is 2.46. The van der Waals surface area contributed by atoms with Gasteiger partial charge in [-0.05, 0) is 13.0 Å². The molecule has 1 aliphatic heterocycles. The van der Waals surface area contributed by atoms with Crippen LogP contribution in [0.3, 0.4) is 0 Å². The molecule has 1 aliphatic rings. The number of ether oxygens (including phenoxy) is 1. The summed E-state index contributed by atoms with van der Waals surface area (Å²) >= 11 is 0. The molecule has 0 aromatic heterocycles. The number of rotatable bonds is 6. The number of nitrogens with zero attached hydrogens (tertiary/aromatic N) is 1. The molecule has 1 fully saturated rings. The van der Waals surface area contributed by atoms with Crippen LogP contribution in [0.15, 0.2) is 0 Å². The van der Waals surface area contributed by atoms with Crippen molar-refractivity contribution < 1.29 is 9.84 Å². The summed E-state index contributed by atoms with van der Waals surface area (Å²) in [6.07, 6.45) is 4.01. The van der Waals surface area contributed by atoms with Gasteiger partial charge in [-0.1, -0.05) is 26.7 Å². The second-order valence-corrected chi connectivity index (χ2v) is 5.22. The first kappa shape index (κ1) is 13.9. The fourth-order valence-corrected chi connectivity index (χ4v) is 2.46. The van der Waals surface area contributed by atoms with Crippen molar-refractivity contribution in [3.8, 4) is 0 Å². The van der Waals surface area contributed by atoms with Gasteiger partial charge in [-0.15, -0.1) is 0 Å². The van der Waals surface area contributed by atoms with Gasteiger partial charge in [0.15, 0.2) is 0 Å². The molecular formula is C13H27NO2. The molecule has 0 amide bonds. The van der Waals surface area contributed by atoms with E-state index in [4.69, 9.17) is 4.74 Å². The van der Waals surface area contributed by atoms with Crippen molar-refractivity contribution in [1.82, 2.24) is 4.90 Å². The quantitative estimate of drug-likeness (QED) is 0.755. The minimum atomic E-state index is -0.515. The van der Waals surface area contributed by atoms with E-state index in [1.807, 2.05) is 0 Å². The maximum Gasteiger partial charge on any atom is 0.0817 e. The minimum Gasteiger partial charge on any atom is -0.388 e. The second-order valence-electron chi connectivity index (χ2n) is 5.22. The maximum absolute atomic E-state index is 10.4. The van der Waals surface area contributed by atoms with E-state index in [1.54, 1.807) is 0 Å². The van der Waals surface area contributed by atoms with E-state index in [0.29, 0.717) is 13.2 Å². The zero-order chi connectivity index (χ0) is 12.0. The Bertz CT molecular complexity index is 186. The van der Waals surface area contributed by atoms with Crippen molar-refractivity contribution >= 4 is 0 Å². The summed E-state index contributed by atoms with van der Waals surface area (Å²) in [5.74, 6) is 0.758. The lowest BCUT2D eigenvalue weighted by molar-refractivity contribution is -0.0781. The zero-order valence-corrected chi connectivity index (χ0v) is 11.0. The van der Waals surface area contributed by atoms with Crippen molar-refractivity contribution in [2.45, 2.75) is 45.1 Å². The van der Waals surface area contributed by atoms with Gasteiger partial charge in [0.25, 0.3) is 0 Å². The van der Waals surface area contributed by atoms with Crippen molar-refractivity contribution in [3.05, 3.63) is 0 Å². The third-order valence-corrected chi connectivity index (χ3v) is 3.71. The van der Waals surface area contributed by atoms with Gasteiger partial charge in [0, 0.05) is 39.1 Å². The van der Waals surface area contributed by atoms with Crippen LogP contribution in [0.4, 0.5) is 0 Å². The van der Waals surface area contributed by atoms with Crippen LogP contribution < -0.4 is 0 Å². The molecule has 3 heteroatoms. The van der Waals surface area contributed by atoms with Crippen LogP contribution in [0, 0.1) is 5.92 Å². The van der Waals surface area contributed by atoms with Crippen LogP contribution in [0.1, 0.15) is 39.5 Å². The molecule has 0 radical (unpaired) electrons. The van der Waals surface area contributed by atoms with Crippen LogP contribution in [-0.2, 0) is 4.74 Å². The standard InChI is InChI=1S/C13H27NO2/c1-4-12(5-2)10-14(3)11-13(15)6-8-16-9-7-13/h12,15H,4-11H2,1-3H3. The van der Waals surface area contributed by atoms with Crippen molar-refractivity contribution in [3.63, 3.8) is 0 Å². The van der Waals surface area contributed by atoms with Crippen molar-refractivity contribution in [1.29, 1.82) is 0 Å². The molecule has 1 heterocycles. The first-order valence-electron chi connectivity index (χ1n) is 6.58.